The predicted molar refractivity (Wildman–Crippen MR) is 84.3 cm³/mol. The van der Waals surface area contributed by atoms with Crippen LogP contribution in [-0.4, -0.2) is 23.7 Å². The van der Waals surface area contributed by atoms with Gasteiger partial charge in [0.2, 0.25) is 5.88 Å². The zero-order chi connectivity index (χ0) is 16.6. The van der Waals surface area contributed by atoms with Crippen molar-refractivity contribution in [3.63, 3.8) is 0 Å². The maximum absolute atomic E-state index is 11.8. The molecule has 8 heteroatoms. The summed E-state index contributed by atoms with van der Waals surface area (Å²) < 4.78 is 26.3. The van der Waals surface area contributed by atoms with Gasteiger partial charge in [-0.15, -0.1) is 0 Å². The fourth-order valence-electron chi connectivity index (χ4n) is 2.33. The molecule has 0 saturated heterocycles. The molecule has 23 heavy (non-hydrogen) atoms. The third kappa shape index (κ3) is 2.88. The van der Waals surface area contributed by atoms with Gasteiger partial charge in [-0.3, -0.25) is 0 Å². The van der Waals surface area contributed by atoms with Crippen molar-refractivity contribution in [3.05, 3.63) is 65.7 Å². The lowest BCUT2D eigenvalue weighted by Crippen LogP contribution is -2.29. The van der Waals surface area contributed by atoms with Gasteiger partial charge in [0, 0.05) is 6.42 Å². The molecule has 7 nitrogen and oxygen atoms in total. The van der Waals surface area contributed by atoms with Crippen LogP contribution < -0.4 is 9.03 Å². The van der Waals surface area contributed by atoms with Gasteiger partial charge in [-0.05, 0) is 29.3 Å². The molecule has 0 bridgehead atoms. The molecule has 0 spiro atoms. The molecule has 0 unspecified atom stereocenters. The second kappa shape index (κ2) is 5.40. The maximum atomic E-state index is 11.8. The summed E-state index contributed by atoms with van der Waals surface area (Å²) >= 11 is 0. The molecule has 0 saturated carbocycles. The number of nitrogens with one attached hydrogen (secondary N) is 1. The molecular weight excluding hydrogens is 320 g/mol. The third-order valence-electron chi connectivity index (χ3n) is 3.40. The zero-order valence-electron chi connectivity index (χ0n) is 11.8. The minimum atomic E-state index is -3.95. The molecule has 0 aromatic heterocycles. The Hall–Kier alpha value is -2.87. The van der Waals surface area contributed by atoms with Crippen molar-refractivity contribution in [2.45, 2.75) is 6.42 Å². The molecule has 1 heterocycles. The Morgan fingerprint density at radius 2 is 1.74 bits per heavy atom. The summed E-state index contributed by atoms with van der Waals surface area (Å²) in [6.07, 6.45) is 1.35. The lowest BCUT2D eigenvalue weighted by atomic mass is 10.0. The highest BCUT2D eigenvalue weighted by Gasteiger charge is 2.30. The van der Waals surface area contributed by atoms with E-state index in [1.165, 1.54) is 12.1 Å². The summed E-state index contributed by atoms with van der Waals surface area (Å²) in [4.78, 5) is 0. The number of aliphatic hydroxyl groups is 1. The monoisotopic (exact) mass is 334 g/mol. The lowest BCUT2D eigenvalue weighted by molar-refractivity contribution is 0.392. The summed E-state index contributed by atoms with van der Waals surface area (Å²) in [7, 11) is -3.95. The van der Waals surface area contributed by atoms with Gasteiger partial charge >= 0.3 is 10.2 Å². The molecular formula is C15H14N2O5S. The van der Waals surface area contributed by atoms with Crippen LogP contribution in [0.4, 0.5) is 5.69 Å². The SMILES string of the molecule is O=S1(=O)NC(O)=CN1c1ccc(Cc2ccccc2O)cc1O. The van der Waals surface area contributed by atoms with Crippen molar-refractivity contribution in [1.82, 2.24) is 4.72 Å². The van der Waals surface area contributed by atoms with Gasteiger partial charge in [0.25, 0.3) is 0 Å². The van der Waals surface area contributed by atoms with E-state index in [9.17, 15) is 23.7 Å². The first-order chi connectivity index (χ1) is 10.9. The molecule has 0 radical (unpaired) electrons. The average Bonchev–Trinajstić information content (AvgIpc) is 2.74. The van der Waals surface area contributed by atoms with Crippen LogP contribution in [0.15, 0.2) is 54.5 Å². The minimum Gasteiger partial charge on any atom is -0.508 e. The van der Waals surface area contributed by atoms with Crippen LogP contribution in [0.3, 0.4) is 0 Å². The number of hydrogen-bond acceptors (Lipinski definition) is 5. The second-order valence-corrected chi connectivity index (χ2v) is 6.59. The molecule has 2 aromatic rings. The molecule has 0 amide bonds. The van der Waals surface area contributed by atoms with E-state index in [1.807, 2.05) is 4.72 Å². The van der Waals surface area contributed by atoms with Gasteiger partial charge in [-0.25, -0.2) is 9.03 Å². The second-order valence-electron chi connectivity index (χ2n) is 5.05. The molecule has 1 aliphatic rings. The molecule has 0 atom stereocenters. The molecule has 2 aromatic carbocycles. The highest BCUT2D eigenvalue weighted by molar-refractivity contribution is 7.91. The Bertz CT molecular complexity index is 892. The first-order valence-electron chi connectivity index (χ1n) is 6.68. The summed E-state index contributed by atoms with van der Waals surface area (Å²) in [6.45, 7) is 0. The quantitative estimate of drug-likeness (QED) is 0.683. The number of hydrogen-bond donors (Lipinski definition) is 4. The van der Waals surface area contributed by atoms with Gasteiger partial charge in [-0.1, -0.05) is 24.3 Å². The highest BCUT2D eigenvalue weighted by atomic mass is 32.2. The van der Waals surface area contributed by atoms with Crippen LogP contribution in [-0.2, 0) is 16.6 Å². The number of benzene rings is 2. The highest BCUT2D eigenvalue weighted by Crippen LogP contribution is 2.33. The van der Waals surface area contributed by atoms with Crippen LogP contribution >= 0.6 is 0 Å². The number of aliphatic hydroxyl groups excluding tert-OH is 1. The number of anilines is 1. The smallest absolute Gasteiger partial charge is 0.330 e. The van der Waals surface area contributed by atoms with Gasteiger partial charge in [0.05, 0.1) is 6.20 Å². The van der Waals surface area contributed by atoms with Crippen LogP contribution in [0.5, 0.6) is 11.5 Å². The predicted octanol–water partition coefficient (Wildman–Crippen LogP) is 1.70. The van der Waals surface area contributed by atoms with E-state index in [0.29, 0.717) is 17.5 Å². The number of phenols is 2. The first-order valence-corrected chi connectivity index (χ1v) is 8.12. The van der Waals surface area contributed by atoms with Gasteiger partial charge in [0.15, 0.2) is 0 Å². The first kappa shape index (κ1) is 15.0. The van der Waals surface area contributed by atoms with Crippen LogP contribution in [0.25, 0.3) is 0 Å². The minimum absolute atomic E-state index is 0.0163. The Labute approximate surface area is 132 Å². The Morgan fingerprint density at radius 1 is 1.00 bits per heavy atom. The normalized spacial score (nSPS) is 16.0. The van der Waals surface area contributed by atoms with Crippen molar-refractivity contribution < 1.29 is 23.7 Å². The van der Waals surface area contributed by atoms with Crippen LogP contribution in [0.2, 0.25) is 0 Å². The fourth-order valence-corrected chi connectivity index (χ4v) is 3.40. The molecule has 4 N–H and O–H groups in total. The number of phenolic OH excluding ortho intramolecular Hbond substituents is 2. The number of nitrogens with zero attached hydrogens (tertiary/aromatic N) is 1. The number of aromatic hydroxyl groups is 2. The fraction of sp³-hybridized carbons (Fsp3) is 0.0667. The Balaban J connectivity index is 1.92. The largest absolute Gasteiger partial charge is 0.508 e. The van der Waals surface area contributed by atoms with E-state index in [-0.39, 0.29) is 17.2 Å². The third-order valence-corrected chi connectivity index (χ3v) is 4.68. The van der Waals surface area contributed by atoms with E-state index in [0.717, 1.165) is 10.5 Å². The summed E-state index contributed by atoms with van der Waals surface area (Å²) in [5.41, 5.74) is 1.40. The molecule has 1 aliphatic heterocycles. The summed E-state index contributed by atoms with van der Waals surface area (Å²) in [5, 5.41) is 29.2. The number of rotatable bonds is 3. The topological polar surface area (TPSA) is 110 Å². The molecule has 0 aliphatic carbocycles. The average molecular weight is 334 g/mol. The Kier molecular flexibility index (Phi) is 3.53. The van der Waals surface area contributed by atoms with Crippen LogP contribution in [0, 0.1) is 0 Å². The zero-order valence-corrected chi connectivity index (χ0v) is 12.7. The van der Waals surface area contributed by atoms with Crippen molar-refractivity contribution in [1.29, 1.82) is 0 Å². The summed E-state index contributed by atoms with van der Waals surface area (Å²) in [5.74, 6) is -0.632. The van der Waals surface area contributed by atoms with Crippen LogP contribution in [0.1, 0.15) is 11.1 Å². The van der Waals surface area contributed by atoms with Crippen molar-refractivity contribution in [3.8, 4) is 11.5 Å². The van der Waals surface area contributed by atoms with E-state index < -0.39 is 16.1 Å². The van der Waals surface area contributed by atoms with Crippen molar-refractivity contribution in [2.24, 2.45) is 0 Å². The summed E-state index contributed by atoms with van der Waals surface area (Å²) in [6, 6.07) is 11.3. The van der Waals surface area contributed by atoms with Gasteiger partial charge in [0.1, 0.15) is 17.2 Å². The van der Waals surface area contributed by atoms with E-state index in [4.69, 9.17) is 0 Å². The number of para-hydroxylation sites is 1. The lowest BCUT2D eigenvalue weighted by Gasteiger charge is -2.16. The molecule has 120 valence electrons. The standard InChI is InChI=1S/C15H14N2O5S/c18-13-4-2-1-3-11(13)7-10-5-6-12(14(19)8-10)17-9-15(20)16-23(17,21)22/h1-6,8-9,16,18-20H,7H2. The van der Waals surface area contributed by atoms with Gasteiger partial charge < -0.3 is 15.3 Å². The van der Waals surface area contributed by atoms with Crippen molar-refractivity contribution in [2.75, 3.05) is 4.31 Å². The molecule has 3 rings (SSSR count). The Morgan fingerprint density at radius 3 is 2.35 bits per heavy atom. The van der Waals surface area contributed by atoms with E-state index in [1.54, 1.807) is 30.3 Å². The maximum Gasteiger partial charge on any atom is 0.330 e. The van der Waals surface area contributed by atoms with Crippen molar-refractivity contribution >= 4 is 15.9 Å². The van der Waals surface area contributed by atoms with E-state index >= 15 is 0 Å². The van der Waals surface area contributed by atoms with E-state index in [2.05, 4.69) is 0 Å². The van der Waals surface area contributed by atoms with Gasteiger partial charge in [-0.2, -0.15) is 8.42 Å². The molecule has 0 fully saturated rings.